The van der Waals surface area contributed by atoms with E-state index in [0.717, 1.165) is 0 Å². The number of carbonyl (C=O) groups is 2. The summed E-state index contributed by atoms with van der Waals surface area (Å²) in [6.07, 6.45) is 3.26. The van der Waals surface area contributed by atoms with Crippen LogP contribution in [0.3, 0.4) is 0 Å². The number of hydrogen-bond donors (Lipinski definition) is 1. The zero-order valence-corrected chi connectivity index (χ0v) is 13.1. The fourth-order valence-corrected chi connectivity index (χ4v) is 2.40. The van der Waals surface area contributed by atoms with Crippen molar-refractivity contribution in [2.75, 3.05) is 13.2 Å². The Morgan fingerprint density at radius 2 is 2.13 bits per heavy atom. The van der Waals surface area contributed by atoms with Crippen molar-refractivity contribution >= 4 is 29.3 Å². The van der Waals surface area contributed by atoms with Gasteiger partial charge in [-0.1, -0.05) is 18.2 Å². The van der Waals surface area contributed by atoms with Crippen LogP contribution in [0.4, 0.5) is 4.39 Å². The fourth-order valence-electron chi connectivity index (χ4n) is 1.76. The Kier molecular flexibility index (Phi) is 6.50. The molecule has 120 valence electrons. The molecule has 0 radical (unpaired) electrons. The average molecular weight is 333 g/mol. The van der Waals surface area contributed by atoms with Gasteiger partial charge in [0.15, 0.2) is 0 Å². The Morgan fingerprint density at radius 3 is 2.87 bits per heavy atom. The Labute approximate surface area is 137 Å². The largest absolute Gasteiger partial charge is 0.462 e. The Morgan fingerprint density at radius 1 is 1.26 bits per heavy atom. The Bertz CT molecular complexity index is 683. The van der Waals surface area contributed by atoms with Crippen molar-refractivity contribution in [3.63, 3.8) is 0 Å². The summed E-state index contributed by atoms with van der Waals surface area (Å²) in [4.78, 5) is 23.8. The third-order valence-corrected chi connectivity index (χ3v) is 3.73. The van der Waals surface area contributed by atoms with Gasteiger partial charge in [-0.05, 0) is 41.6 Å². The SMILES string of the molecule is O=C(/C=C/c1cccc(F)c1)OCCCNC(=O)c1cccs1. The highest BCUT2D eigenvalue weighted by atomic mass is 32.1. The second-order valence-electron chi connectivity index (χ2n) is 4.64. The zero-order valence-electron chi connectivity index (χ0n) is 12.3. The number of hydrogen-bond acceptors (Lipinski definition) is 4. The molecule has 1 N–H and O–H groups in total. The van der Waals surface area contributed by atoms with Gasteiger partial charge in [0.05, 0.1) is 11.5 Å². The molecule has 1 aromatic heterocycles. The van der Waals surface area contributed by atoms with Crippen molar-refractivity contribution in [1.82, 2.24) is 5.32 Å². The predicted octanol–water partition coefficient (Wildman–Crippen LogP) is 3.26. The summed E-state index contributed by atoms with van der Waals surface area (Å²) >= 11 is 1.37. The molecule has 0 fully saturated rings. The lowest BCUT2D eigenvalue weighted by Crippen LogP contribution is -2.24. The number of rotatable bonds is 7. The summed E-state index contributed by atoms with van der Waals surface area (Å²) in [5.74, 6) is -0.988. The van der Waals surface area contributed by atoms with Crippen molar-refractivity contribution in [1.29, 1.82) is 0 Å². The molecular formula is C17H16FNO3S. The van der Waals surface area contributed by atoms with Crippen LogP contribution in [0.5, 0.6) is 0 Å². The van der Waals surface area contributed by atoms with Crippen molar-refractivity contribution in [2.24, 2.45) is 0 Å². The summed E-state index contributed by atoms with van der Waals surface area (Å²) in [6, 6.07) is 9.47. The minimum absolute atomic E-state index is 0.127. The van der Waals surface area contributed by atoms with Gasteiger partial charge in [0.1, 0.15) is 5.82 Å². The van der Waals surface area contributed by atoms with Gasteiger partial charge in [0, 0.05) is 12.6 Å². The molecule has 0 saturated carbocycles. The molecule has 1 amide bonds. The van der Waals surface area contributed by atoms with Crippen LogP contribution in [0.1, 0.15) is 21.7 Å². The van der Waals surface area contributed by atoms with Crippen LogP contribution in [0.2, 0.25) is 0 Å². The van der Waals surface area contributed by atoms with Gasteiger partial charge in [-0.15, -0.1) is 11.3 Å². The lowest BCUT2D eigenvalue weighted by Gasteiger charge is -2.04. The molecule has 6 heteroatoms. The summed E-state index contributed by atoms with van der Waals surface area (Å²) in [6.45, 7) is 0.634. The van der Waals surface area contributed by atoms with Gasteiger partial charge in [-0.2, -0.15) is 0 Å². The molecule has 2 rings (SSSR count). The van der Waals surface area contributed by atoms with E-state index >= 15 is 0 Å². The maximum atomic E-state index is 13.0. The van der Waals surface area contributed by atoms with Gasteiger partial charge in [-0.25, -0.2) is 9.18 Å². The van der Waals surface area contributed by atoms with Crippen LogP contribution in [0.15, 0.2) is 47.9 Å². The van der Waals surface area contributed by atoms with Crippen molar-refractivity contribution in [3.05, 3.63) is 64.1 Å². The second kappa shape index (κ2) is 8.85. The number of benzene rings is 1. The molecule has 0 aliphatic rings. The van der Waals surface area contributed by atoms with Gasteiger partial charge in [0.2, 0.25) is 0 Å². The third kappa shape index (κ3) is 6.04. The van der Waals surface area contributed by atoms with Crippen molar-refractivity contribution in [2.45, 2.75) is 6.42 Å². The molecule has 0 aliphatic heterocycles. The topological polar surface area (TPSA) is 55.4 Å². The highest BCUT2D eigenvalue weighted by molar-refractivity contribution is 7.12. The first-order valence-corrected chi connectivity index (χ1v) is 7.95. The summed E-state index contributed by atoms with van der Waals surface area (Å²) in [7, 11) is 0. The van der Waals surface area contributed by atoms with E-state index < -0.39 is 5.97 Å². The van der Waals surface area contributed by atoms with E-state index in [1.165, 1.54) is 35.6 Å². The number of nitrogens with one attached hydrogen (secondary N) is 1. The van der Waals surface area contributed by atoms with Crippen LogP contribution in [-0.4, -0.2) is 25.0 Å². The first-order chi connectivity index (χ1) is 11.1. The van der Waals surface area contributed by atoms with E-state index in [2.05, 4.69) is 5.32 Å². The fraction of sp³-hybridized carbons (Fsp3) is 0.176. The predicted molar refractivity (Wildman–Crippen MR) is 87.7 cm³/mol. The third-order valence-electron chi connectivity index (χ3n) is 2.86. The van der Waals surface area contributed by atoms with Crippen molar-refractivity contribution in [3.8, 4) is 0 Å². The van der Waals surface area contributed by atoms with E-state index in [1.54, 1.807) is 18.2 Å². The second-order valence-corrected chi connectivity index (χ2v) is 5.59. The molecule has 0 atom stereocenters. The van der Waals surface area contributed by atoms with Gasteiger partial charge in [-0.3, -0.25) is 4.79 Å². The number of halogens is 1. The van der Waals surface area contributed by atoms with E-state index in [9.17, 15) is 14.0 Å². The number of thiophene rings is 1. The standard InChI is InChI=1S/C17H16FNO3S/c18-14-5-1-4-13(12-14)7-8-16(20)22-10-3-9-19-17(21)15-6-2-11-23-15/h1-2,4-8,11-12H,3,9-10H2,(H,19,21)/b8-7+. The van der Waals surface area contributed by atoms with Crippen LogP contribution in [0.25, 0.3) is 6.08 Å². The molecule has 4 nitrogen and oxygen atoms in total. The molecule has 0 aliphatic carbocycles. The lowest BCUT2D eigenvalue weighted by atomic mass is 10.2. The summed E-state index contributed by atoms with van der Waals surface area (Å²) in [5.41, 5.74) is 0.588. The summed E-state index contributed by atoms with van der Waals surface area (Å²) < 4.78 is 18.0. The minimum Gasteiger partial charge on any atom is -0.462 e. The first-order valence-electron chi connectivity index (χ1n) is 7.07. The lowest BCUT2D eigenvalue weighted by molar-refractivity contribution is -0.137. The van der Waals surface area contributed by atoms with Crippen molar-refractivity contribution < 1.29 is 18.7 Å². The summed E-state index contributed by atoms with van der Waals surface area (Å²) in [5, 5.41) is 4.58. The maximum Gasteiger partial charge on any atom is 0.330 e. The Balaban J connectivity index is 1.62. The molecule has 0 saturated heterocycles. The maximum absolute atomic E-state index is 13.0. The highest BCUT2D eigenvalue weighted by Gasteiger charge is 2.05. The molecule has 1 aromatic carbocycles. The number of amides is 1. The smallest absolute Gasteiger partial charge is 0.330 e. The number of esters is 1. The quantitative estimate of drug-likeness (QED) is 0.481. The van der Waals surface area contributed by atoms with Gasteiger partial charge < -0.3 is 10.1 Å². The van der Waals surface area contributed by atoms with Crippen LogP contribution in [-0.2, 0) is 9.53 Å². The van der Waals surface area contributed by atoms with Gasteiger partial charge in [0.25, 0.3) is 5.91 Å². The first kappa shape index (κ1) is 16.9. The van der Waals surface area contributed by atoms with E-state index in [-0.39, 0.29) is 18.3 Å². The van der Waals surface area contributed by atoms with Gasteiger partial charge >= 0.3 is 5.97 Å². The minimum atomic E-state index is -0.501. The van der Waals surface area contributed by atoms with E-state index in [1.807, 2.05) is 11.4 Å². The van der Waals surface area contributed by atoms with Crippen LogP contribution in [0, 0.1) is 5.82 Å². The Hall–Kier alpha value is -2.47. The van der Waals surface area contributed by atoms with E-state index in [0.29, 0.717) is 23.4 Å². The molecule has 0 bridgehead atoms. The molecule has 1 heterocycles. The number of ether oxygens (including phenoxy) is 1. The average Bonchev–Trinajstić information content (AvgIpc) is 3.07. The monoisotopic (exact) mass is 333 g/mol. The normalized spacial score (nSPS) is 10.7. The van der Waals surface area contributed by atoms with E-state index in [4.69, 9.17) is 4.74 Å². The molecule has 2 aromatic rings. The molecule has 0 unspecified atom stereocenters. The van der Waals surface area contributed by atoms with Crippen LogP contribution < -0.4 is 5.32 Å². The molecule has 0 spiro atoms. The number of carbonyl (C=O) groups excluding carboxylic acids is 2. The molecule has 23 heavy (non-hydrogen) atoms. The van der Waals surface area contributed by atoms with Crippen LogP contribution >= 0.6 is 11.3 Å². The zero-order chi connectivity index (χ0) is 16.5. The molecular weight excluding hydrogens is 317 g/mol. The highest BCUT2D eigenvalue weighted by Crippen LogP contribution is 2.07.